The number of nitrogens with one attached hydrogen (secondary N) is 1. The van der Waals surface area contributed by atoms with Crippen LogP contribution in [0.2, 0.25) is 0 Å². The minimum Gasteiger partial charge on any atom is -0.319 e. The summed E-state index contributed by atoms with van der Waals surface area (Å²) in [5.74, 6) is 1.68. The Bertz CT molecular complexity index is 251. The lowest BCUT2D eigenvalue weighted by Gasteiger charge is -2.15. The van der Waals surface area contributed by atoms with Crippen LogP contribution < -0.4 is 5.32 Å². The van der Waals surface area contributed by atoms with E-state index in [9.17, 15) is 0 Å². The van der Waals surface area contributed by atoms with Crippen molar-refractivity contribution in [2.24, 2.45) is 5.92 Å². The molecule has 2 rings (SSSR count). The fourth-order valence-electron chi connectivity index (χ4n) is 1.98. The van der Waals surface area contributed by atoms with E-state index in [2.05, 4.69) is 35.6 Å². The predicted molar refractivity (Wildman–Crippen MR) is 55.8 cm³/mol. The highest BCUT2D eigenvalue weighted by molar-refractivity contribution is 5.22. The van der Waals surface area contributed by atoms with E-state index in [-0.39, 0.29) is 0 Å². The summed E-state index contributed by atoms with van der Waals surface area (Å²) < 4.78 is 0. The van der Waals surface area contributed by atoms with Gasteiger partial charge in [0.1, 0.15) is 0 Å². The quantitative estimate of drug-likeness (QED) is 0.741. The third kappa shape index (κ3) is 2.10. The highest BCUT2D eigenvalue weighted by atomic mass is 14.8. The van der Waals surface area contributed by atoms with Gasteiger partial charge in [-0.05, 0) is 37.3 Å². The number of hydrogen-bond donors (Lipinski definition) is 1. The lowest BCUT2D eigenvalue weighted by Crippen LogP contribution is -2.18. The molecule has 70 valence electrons. The molecular formula is C12H17N. The van der Waals surface area contributed by atoms with Crippen LogP contribution in [0.5, 0.6) is 0 Å². The second-order valence-electron chi connectivity index (χ2n) is 3.91. The van der Waals surface area contributed by atoms with Crippen LogP contribution in [0, 0.1) is 5.92 Å². The summed E-state index contributed by atoms with van der Waals surface area (Å²) in [6, 6.07) is 10.9. The number of likely N-dealkylation sites (N-methyl/N-ethyl adjacent to an activating group) is 1. The van der Waals surface area contributed by atoms with Crippen LogP contribution in [0.3, 0.4) is 0 Å². The van der Waals surface area contributed by atoms with E-state index in [1.54, 1.807) is 0 Å². The molecule has 1 atom stereocenters. The van der Waals surface area contributed by atoms with Crippen molar-refractivity contribution in [2.45, 2.75) is 18.8 Å². The Morgan fingerprint density at radius 3 is 2.54 bits per heavy atom. The van der Waals surface area contributed by atoms with Gasteiger partial charge in [-0.15, -0.1) is 0 Å². The molecule has 1 nitrogen and oxygen atoms in total. The fourth-order valence-corrected chi connectivity index (χ4v) is 1.98. The van der Waals surface area contributed by atoms with Gasteiger partial charge in [-0.2, -0.15) is 0 Å². The highest BCUT2D eigenvalue weighted by Gasteiger charge is 2.31. The normalized spacial score (nSPS) is 18.5. The Morgan fingerprint density at radius 1 is 1.31 bits per heavy atom. The molecule has 0 heterocycles. The maximum atomic E-state index is 3.29. The molecule has 1 aliphatic rings. The van der Waals surface area contributed by atoms with Crippen molar-refractivity contribution >= 4 is 0 Å². The summed E-state index contributed by atoms with van der Waals surface area (Å²) in [7, 11) is 2.04. The van der Waals surface area contributed by atoms with Crippen molar-refractivity contribution in [3.63, 3.8) is 0 Å². The summed E-state index contributed by atoms with van der Waals surface area (Å²) in [6.07, 6.45) is 2.84. The Hall–Kier alpha value is -0.820. The van der Waals surface area contributed by atoms with Crippen molar-refractivity contribution in [1.29, 1.82) is 0 Å². The van der Waals surface area contributed by atoms with Crippen LogP contribution >= 0.6 is 0 Å². The minimum absolute atomic E-state index is 0.742. The molecule has 1 aromatic carbocycles. The Kier molecular flexibility index (Phi) is 2.65. The van der Waals surface area contributed by atoms with E-state index >= 15 is 0 Å². The molecule has 1 heteroatoms. The second-order valence-corrected chi connectivity index (χ2v) is 3.91. The fraction of sp³-hybridized carbons (Fsp3) is 0.500. The first-order valence-corrected chi connectivity index (χ1v) is 5.11. The van der Waals surface area contributed by atoms with Crippen LogP contribution in [-0.4, -0.2) is 13.6 Å². The summed E-state index contributed by atoms with van der Waals surface area (Å²) in [5.41, 5.74) is 1.50. The summed E-state index contributed by atoms with van der Waals surface area (Å²) in [4.78, 5) is 0. The first kappa shape index (κ1) is 8.76. The molecule has 0 bridgehead atoms. The van der Waals surface area contributed by atoms with Gasteiger partial charge in [0.05, 0.1) is 0 Å². The Balaban J connectivity index is 2.10. The summed E-state index contributed by atoms with van der Waals surface area (Å²) >= 11 is 0. The largest absolute Gasteiger partial charge is 0.319 e. The zero-order chi connectivity index (χ0) is 9.10. The summed E-state index contributed by atoms with van der Waals surface area (Å²) in [5, 5.41) is 3.29. The molecule has 0 aromatic heterocycles. The Morgan fingerprint density at radius 2 is 2.00 bits per heavy atom. The van der Waals surface area contributed by atoms with E-state index in [0.29, 0.717) is 0 Å². The molecular weight excluding hydrogens is 158 g/mol. The van der Waals surface area contributed by atoms with Crippen LogP contribution in [-0.2, 0) is 0 Å². The van der Waals surface area contributed by atoms with Crippen molar-refractivity contribution in [1.82, 2.24) is 5.32 Å². The van der Waals surface area contributed by atoms with Gasteiger partial charge < -0.3 is 5.32 Å². The van der Waals surface area contributed by atoms with Gasteiger partial charge in [0.25, 0.3) is 0 Å². The molecule has 0 spiro atoms. The zero-order valence-electron chi connectivity index (χ0n) is 8.16. The van der Waals surface area contributed by atoms with Gasteiger partial charge in [0.2, 0.25) is 0 Å². The number of hydrogen-bond acceptors (Lipinski definition) is 1. The van der Waals surface area contributed by atoms with E-state index in [4.69, 9.17) is 0 Å². The lowest BCUT2D eigenvalue weighted by atomic mass is 9.94. The molecule has 1 aliphatic carbocycles. The molecule has 1 unspecified atom stereocenters. The SMILES string of the molecule is CNCC(c1ccccc1)C1CC1. The van der Waals surface area contributed by atoms with Gasteiger partial charge in [-0.3, -0.25) is 0 Å². The molecule has 0 saturated heterocycles. The van der Waals surface area contributed by atoms with Crippen LogP contribution in [0.1, 0.15) is 24.3 Å². The molecule has 0 radical (unpaired) electrons. The number of benzene rings is 1. The van der Waals surface area contributed by atoms with Gasteiger partial charge in [-0.1, -0.05) is 30.3 Å². The van der Waals surface area contributed by atoms with E-state index < -0.39 is 0 Å². The molecule has 0 amide bonds. The average Bonchev–Trinajstić information content (AvgIpc) is 2.99. The monoisotopic (exact) mass is 175 g/mol. The topological polar surface area (TPSA) is 12.0 Å². The van der Waals surface area contributed by atoms with E-state index in [1.807, 2.05) is 7.05 Å². The first-order valence-electron chi connectivity index (χ1n) is 5.11. The first-order chi connectivity index (χ1) is 6.42. The maximum Gasteiger partial charge on any atom is 0.00198 e. The molecule has 1 N–H and O–H groups in total. The van der Waals surface area contributed by atoms with Gasteiger partial charge >= 0.3 is 0 Å². The lowest BCUT2D eigenvalue weighted by molar-refractivity contribution is 0.567. The third-order valence-corrected chi connectivity index (χ3v) is 2.84. The smallest absolute Gasteiger partial charge is 0.00198 e. The molecule has 1 saturated carbocycles. The third-order valence-electron chi connectivity index (χ3n) is 2.84. The standard InChI is InChI=1S/C12H17N/c1-13-9-12(11-7-8-11)10-5-3-2-4-6-10/h2-6,11-13H,7-9H2,1H3. The van der Waals surface area contributed by atoms with Crippen LogP contribution in [0.4, 0.5) is 0 Å². The molecule has 0 aliphatic heterocycles. The highest BCUT2D eigenvalue weighted by Crippen LogP contribution is 2.42. The zero-order valence-corrected chi connectivity index (χ0v) is 8.16. The maximum absolute atomic E-state index is 3.29. The molecule has 1 aromatic rings. The predicted octanol–water partition coefficient (Wildman–Crippen LogP) is 2.40. The van der Waals surface area contributed by atoms with Crippen molar-refractivity contribution in [2.75, 3.05) is 13.6 Å². The van der Waals surface area contributed by atoms with E-state index in [0.717, 1.165) is 18.4 Å². The minimum atomic E-state index is 0.742. The second kappa shape index (κ2) is 3.93. The van der Waals surface area contributed by atoms with Crippen molar-refractivity contribution < 1.29 is 0 Å². The van der Waals surface area contributed by atoms with Gasteiger partial charge in [0, 0.05) is 6.54 Å². The van der Waals surface area contributed by atoms with Crippen LogP contribution in [0.25, 0.3) is 0 Å². The van der Waals surface area contributed by atoms with Crippen molar-refractivity contribution in [3.8, 4) is 0 Å². The van der Waals surface area contributed by atoms with Crippen LogP contribution in [0.15, 0.2) is 30.3 Å². The van der Waals surface area contributed by atoms with Crippen molar-refractivity contribution in [3.05, 3.63) is 35.9 Å². The van der Waals surface area contributed by atoms with E-state index in [1.165, 1.54) is 18.4 Å². The number of rotatable bonds is 4. The Labute approximate surface area is 80.2 Å². The average molecular weight is 175 g/mol. The van der Waals surface area contributed by atoms with Gasteiger partial charge in [0.15, 0.2) is 0 Å². The van der Waals surface area contributed by atoms with Gasteiger partial charge in [-0.25, -0.2) is 0 Å². The molecule has 13 heavy (non-hydrogen) atoms. The summed E-state index contributed by atoms with van der Waals surface area (Å²) in [6.45, 7) is 1.12. The molecule has 1 fully saturated rings.